The zero-order valence-corrected chi connectivity index (χ0v) is 12.5. The van der Waals surface area contributed by atoms with E-state index < -0.39 is 0 Å². The highest BCUT2D eigenvalue weighted by atomic mass is 32.2. The van der Waals surface area contributed by atoms with Crippen LogP contribution >= 0.6 is 11.8 Å². The normalized spacial score (nSPS) is 13.5. The maximum atomic E-state index is 12.7. The number of hydrogen-bond acceptors (Lipinski definition) is 3. The Hall–Kier alpha value is -2.07. The average molecular weight is 297 g/mol. The van der Waals surface area contributed by atoms with Crippen molar-refractivity contribution in [1.29, 1.82) is 0 Å². The maximum Gasteiger partial charge on any atom is 0.224 e. The van der Waals surface area contributed by atoms with Crippen LogP contribution in [-0.4, -0.2) is 17.9 Å². The standard InChI is InChI=1S/C17H15NO2S/c1-21-15-5-3-2-4-13(15)17(20)12-6-8-14-11(10-12)7-9-16(19)18-14/h2-6,8,10H,7,9H2,1H3,(H,18,19). The molecule has 1 aliphatic rings. The van der Waals surface area contributed by atoms with Gasteiger partial charge in [0.05, 0.1) is 0 Å². The highest BCUT2D eigenvalue weighted by Gasteiger charge is 2.18. The van der Waals surface area contributed by atoms with Crippen molar-refractivity contribution >= 4 is 29.1 Å². The summed E-state index contributed by atoms with van der Waals surface area (Å²) in [6, 6.07) is 13.1. The Bertz CT molecular complexity index is 724. The lowest BCUT2D eigenvalue weighted by molar-refractivity contribution is -0.116. The van der Waals surface area contributed by atoms with Gasteiger partial charge >= 0.3 is 0 Å². The molecule has 0 aromatic heterocycles. The summed E-state index contributed by atoms with van der Waals surface area (Å²) < 4.78 is 0. The van der Waals surface area contributed by atoms with Crippen molar-refractivity contribution in [1.82, 2.24) is 0 Å². The van der Waals surface area contributed by atoms with Gasteiger partial charge < -0.3 is 5.32 Å². The largest absolute Gasteiger partial charge is 0.326 e. The van der Waals surface area contributed by atoms with Crippen molar-refractivity contribution in [2.24, 2.45) is 0 Å². The Labute approximate surface area is 127 Å². The molecule has 0 bridgehead atoms. The molecule has 21 heavy (non-hydrogen) atoms. The molecule has 0 radical (unpaired) electrons. The van der Waals surface area contributed by atoms with Crippen LogP contribution in [-0.2, 0) is 11.2 Å². The highest BCUT2D eigenvalue weighted by molar-refractivity contribution is 7.98. The summed E-state index contributed by atoms with van der Waals surface area (Å²) in [6.45, 7) is 0. The summed E-state index contributed by atoms with van der Waals surface area (Å²) in [4.78, 5) is 25.0. The summed E-state index contributed by atoms with van der Waals surface area (Å²) in [5, 5.41) is 2.83. The molecule has 3 nitrogen and oxygen atoms in total. The molecule has 0 aliphatic carbocycles. The predicted octanol–water partition coefficient (Wildman–Crippen LogP) is 3.52. The van der Waals surface area contributed by atoms with Gasteiger partial charge in [0.15, 0.2) is 5.78 Å². The molecule has 2 aromatic rings. The molecule has 4 heteroatoms. The fourth-order valence-electron chi connectivity index (χ4n) is 2.51. The van der Waals surface area contributed by atoms with Gasteiger partial charge in [-0.2, -0.15) is 0 Å². The number of carbonyl (C=O) groups excluding carboxylic acids is 2. The minimum absolute atomic E-state index is 0.0275. The molecule has 0 spiro atoms. The molecule has 1 N–H and O–H groups in total. The molecule has 0 unspecified atom stereocenters. The zero-order valence-electron chi connectivity index (χ0n) is 11.7. The third kappa shape index (κ3) is 2.72. The van der Waals surface area contributed by atoms with Gasteiger partial charge in [-0.05, 0) is 48.6 Å². The molecule has 1 aliphatic heterocycles. The van der Waals surface area contributed by atoms with Gasteiger partial charge in [-0.15, -0.1) is 11.8 Å². The van der Waals surface area contributed by atoms with Crippen molar-refractivity contribution in [3.63, 3.8) is 0 Å². The summed E-state index contributed by atoms with van der Waals surface area (Å²) >= 11 is 1.57. The second-order valence-corrected chi connectivity index (χ2v) is 5.80. The van der Waals surface area contributed by atoms with Gasteiger partial charge in [0.2, 0.25) is 5.91 Å². The molecule has 0 atom stereocenters. The van der Waals surface area contributed by atoms with E-state index in [1.54, 1.807) is 17.8 Å². The number of carbonyl (C=O) groups is 2. The molecule has 3 rings (SSSR count). The van der Waals surface area contributed by atoms with E-state index in [1.807, 2.05) is 42.7 Å². The van der Waals surface area contributed by atoms with Crippen LogP contribution in [0.5, 0.6) is 0 Å². The van der Waals surface area contributed by atoms with Gasteiger partial charge in [-0.25, -0.2) is 0 Å². The third-order valence-corrected chi connectivity index (χ3v) is 4.41. The molecule has 0 saturated heterocycles. The third-order valence-electron chi connectivity index (χ3n) is 3.61. The molecule has 0 fully saturated rings. The van der Waals surface area contributed by atoms with Gasteiger partial charge in [-0.1, -0.05) is 12.1 Å². The van der Waals surface area contributed by atoms with E-state index >= 15 is 0 Å². The number of anilines is 1. The number of thioether (sulfide) groups is 1. The van der Waals surface area contributed by atoms with E-state index in [1.165, 1.54) is 0 Å². The van der Waals surface area contributed by atoms with Crippen LogP contribution in [0.25, 0.3) is 0 Å². The first-order valence-electron chi connectivity index (χ1n) is 6.79. The summed E-state index contributed by atoms with van der Waals surface area (Å²) in [5.41, 5.74) is 3.25. The molecular formula is C17H15NO2S. The van der Waals surface area contributed by atoms with Crippen LogP contribution in [0.4, 0.5) is 5.69 Å². The molecule has 106 valence electrons. The van der Waals surface area contributed by atoms with Gasteiger partial charge in [0.1, 0.15) is 0 Å². The minimum atomic E-state index is 0.0275. The molecule has 2 aromatic carbocycles. The van der Waals surface area contributed by atoms with E-state index in [4.69, 9.17) is 0 Å². The summed E-state index contributed by atoms with van der Waals surface area (Å²) in [6.07, 6.45) is 3.13. The van der Waals surface area contributed by atoms with Crippen molar-refractivity contribution in [2.45, 2.75) is 17.7 Å². The van der Waals surface area contributed by atoms with Crippen LogP contribution in [0, 0.1) is 0 Å². The lowest BCUT2D eigenvalue weighted by Gasteiger charge is -2.17. The lowest BCUT2D eigenvalue weighted by atomic mass is 9.96. The van der Waals surface area contributed by atoms with Gasteiger partial charge in [0, 0.05) is 28.1 Å². The Morgan fingerprint density at radius 1 is 1.14 bits per heavy atom. The van der Waals surface area contributed by atoms with E-state index in [0.29, 0.717) is 18.4 Å². The number of ketones is 1. The zero-order chi connectivity index (χ0) is 14.8. The minimum Gasteiger partial charge on any atom is -0.326 e. The summed E-state index contributed by atoms with van der Waals surface area (Å²) in [5.74, 6) is 0.0638. The summed E-state index contributed by atoms with van der Waals surface area (Å²) in [7, 11) is 0. The molecular weight excluding hydrogens is 282 g/mol. The number of hydrogen-bond donors (Lipinski definition) is 1. The number of fused-ring (bicyclic) bond motifs is 1. The first kappa shape index (κ1) is 13.9. The van der Waals surface area contributed by atoms with Crippen molar-refractivity contribution in [2.75, 3.05) is 11.6 Å². The first-order chi connectivity index (χ1) is 10.2. The van der Waals surface area contributed by atoms with Crippen molar-refractivity contribution in [3.8, 4) is 0 Å². The van der Waals surface area contributed by atoms with Crippen LogP contribution in [0.3, 0.4) is 0 Å². The highest BCUT2D eigenvalue weighted by Crippen LogP contribution is 2.27. The fraction of sp³-hybridized carbons (Fsp3) is 0.176. The lowest BCUT2D eigenvalue weighted by Crippen LogP contribution is -2.19. The quantitative estimate of drug-likeness (QED) is 0.696. The molecule has 1 amide bonds. The van der Waals surface area contributed by atoms with Crippen LogP contribution in [0.15, 0.2) is 47.4 Å². The SMILES string of the molecule is CSc1ccccc1C(=O)c1ccc2c(c1)CCC(=O)N2. The Kier molecular flexibility index (Phi) is 3.80. The maximum absolute atomic E-state index is 12.7. The number of rotatable bonds is 3. The number of amides is 1. The topological polar surface area (TPSA) is 46.2 Å². The molecule has 1 heterocycles. The van der Waals surface area contributed by atoms with Crippen LogP contribution < -0.4 is 5.32 Å². The number of nitrogens with one attached hydrogen (secondary N) is 1. The smallest absolute Gasteiger partial charge is 0.224 e. The Balaban J connectivity index is 1.97. The predicted molar refractivity (Wildman–Crippen MR) is 85.0 cm³/mol. The van der Waals surface area contributed by atoms with Crippen LogP contribution in [0.1, 0.15) is 27.9 Å². The van der Waals surface area contributed by atoms with Gasteiger partial charge in [0.25, 0.3) is 0 Å². The average Bonchev–Trinajstić information content (AvgIpc) is 2.53. The second-order valence-electron chi connectivity index (χ2n) is 4.95. The van der Waals surface area contributed by atoms with E-state index in [-0.39, 0.29) is 11.7 Å². The van der Waals surface area contributed by atoms with Crippen molar-refractivity contribution < 1.29 is 9.59 Å². The monoisotopic (exact) mass is 297 g/mol. The van der Waals surface area contributed by atoms with E-state index in [0.717, 1.165) is 21.7 Å². The van der Waals surface area contributed by atoms with Crippen LogP contribution in [0.2, 0.25) is 0 Å². The Morgan fingerprint density at radius 3 is 2.76 bits per heavy atom. The Morgan fingerprint density at radius 2 is 1.95 bits per heavy atom. The van der Waals surface area contributed by atoms with E-state index in [9.17, 15) is 9.59 Å². The van der Waals surface area contributed by atoms with E-state index in [2.05, 4.69) is 5.32 Å². The first-order valence-corrected chi connectivity index (χ1v) is 8.02. The number of benzene rings is 2. The van der Waals surface area contributed by atoms with Crippen molar-refractivity contribution in [3.05, 3.63) is 59.2 Å². The second kappa shape index (κ2) is 5.74. The molecule has 0 saturated carbocycles. The number of aryl methyl sites for hydroxylation is 1. The van der Waals surface area contributed by atoms with Gasteiger partial charge in [-0.3, -0.25) is 9.59 Å². The fourth-order valence-corrected chi connectivity index (χ4v) is 3.11.